The highest BCUT2D eigenvalue weighted by atomic mass is 35.5. The Bertz CT molecular complexity index is 901. The number of carbonyl (C=O) groups excluding carboxylic acids is 1. The molecule has 164 valence electrons. The normalized spacial score (nSPS) is 22.8. The second kappa shape index (κ2) is 9.13. The number of rotatable bonds is 9. The number of pyridine rings is 1. The van der Waals surface area contributed by atoms with Gasteiger partial charge in [-0.05, 0) is 57.3 Å². The number of aryl methyl sites for hydroxylation is 1. The van der Waals surface area contributed by atoms with Gasteiger partial charge in [0.05, 0.1) is 11.7 Å². The van der Waals surface area contributed by atoms with Crippen LogP contribution in [0.2, 0.25) is 5.02 Å². The summed E-state index contributed by atoms with van der Waals surface area (Å²) in [6, 6.07) is 0.593. The molecule has 2 aromatic rings. The number of fused-ring (bicyclic) bond motifs is 1. The van der Waals surface area contributed by atoms with Crippen molar-refractivity contribution in [3.63, 3.8) is 0 Å². The van der Waals surface area contributed by atoms with Gasteiger partial charge < -0.3 is 14.3 Å². The van der Waals surface area contributed by atoms with E-state index in [1.807, 2.05) is 11.6 Å². The standard InChI is InChI=1S/C23H32ClN3O3/c1-14(12-15(2)28)4-5-16-6-8-18(9-7-16)30-23-26-19-13-25-22(29-17-10-11-17)20(24)21(19)27(23)3/h13-14,16-18H,4-12H2,1-3H3/t14-,16?,18?/m0/s1. The first-order valence-electron chi connectivity index (χ1n) is 11.2. The predicted octanol–water partition coefficient (Wildman–Crippen LogP) is 5.50. The maximum Gasteiger partial charge on any atom is 0.297 e. The van der Waals surface area contributed by atoms with Crippen molar-refractivity contribution >= 4 is 28.4 Å². The largest absolute Gasteiger partial charge is 0.473 e. The van der Waals surface area contributed by atoms with Crippen LogP contribution in [0, 0.1) is 11.8 Å². The highest BCUT2D eigenvalue weighted by Gasteiger charge is 2.28. The molecule has 2 fully saturated rings. The summed E-state index contributed by atoms with van der Waals surface area (Å²) in [6.45, 7) is 3.87. The molecule has 0 aliphatic heterocycles. The molecule has 1 atom stereocenters. The number of nitrogens with zero attached hydrogens (tertiary/aromatic N) is 3. The van der Waals surface area contributed by atoms with Gasteiger partial charge in [-0.15, -0.1) is 0 Å². The van der Waals surface area contributed by atoms with Crippen LogP contribution in [-0.4, -0.2) is 32.5 Å². The number of hydrogen-bond donors (Lipinski definition) is 0. The van der Waals surface area contributed by atoms with Crippen molar-refractivity contribution in [2.45, 2.75) is 83.8 Å². The van der Waals surface area contributed by atoms with E-state index in [9.17, 15) is 4.79 Å². The number of ether oxygens (including phenoxy) is 2. The zero-order valence-electron chi connectivity index (χ0n) is 18.2. The highest BCUT2D eigenvalue weighted by Crippen LogP contribution is 2.37. The van der Waals surface area contributed by atoms with Crippen LogP contribution < -0.4 is 9.47 Å². The Hall–Kier alpha value is -1.82. The molecule has 0 N–H and O–H groups in total. The van der Waals surface area contributed by atoms with Gasteiger partial charge in [-0.3, -0.25) is 4.57 Å². The fourth-order valence-electron chi connectivity index (χ4n) is 4.46. The van der Waals surface area contributed by atoms with Crippen LogP contribution in [-0.2, 0) is 11.8 Å². The molecule has 6 nitrogen and oxygen atoms in total. The van der Waals surface area contributed by atoms with E-state index in [1.54, 1.807) is 13.1 Å². The van der Waals surface area contributed by atoms with Crippen LogP contribution in [0.15, 0.2) is 6.20 Å². The smallest absolute Gasteiger partial charge is 0.297 e. The van der Waals surface area contributed by atoms with E-state index in [0.29, 0.717) is 35.0 Å². The van der Waals surface area contributed by atoms with E-state index in [0.717, 1.165) is 49.1 Å². The quantitative estimate of drug-likeness (QED) is 0.522. The van der Waals surface area contributed by atoms with Crippen LogP contribution in [0.5, 0.6) is 11.9 Å². The lowest BCUT2D eigenvalue weighted by molar-refractivity contribution is -0.117. The third-order valence-corrected chi connectivity index (χ3v) is 6.69. The van der Waals surface area contributed by atoms with Gasteiger partial charge >= 0.3 is 0 Å². The molecule has 0 bridgehead atoms. The van der Waals surface area contributed by atoms with E-state index in [2.05, 4.69) is 16.9 Å². The Kier molecular flexibility index (Phi) is 6.51. The van der Waals surface area contributed by atoms with Crippen molar-refractivity contribution in [2.75, 3.05) is 0 Å². The fraction of sp³-hybridized carbons (Fsp3) is 0.696. The molecule has 0 amide bonds. The Morgan fingerprint density at radius 3 is 2.53 bits per heavy atom. The summed E-state index contributed by atoms with van der Waals surface area (Å²) in [5, 5.41) is 0.507. The molecular formula is C23H32ClN3O3. The topological polar surface area (TPSA) is 66.2 Å². The van der Waals surface area contributed by atoms with E-state index < -0.39 is 0 Å². The first-order valence-corrected chi connectivity index (χ1v) is 11.6. The van der Waals surface area contributed by atoms with Crippen LogP contribution in [0.1, 0.15) is 71.6 Å². The molecule has 4 rings (SSSR count). The fourth-order valence-corrected chi connectivity index (χ4v) is 4.77. The number of aromatic nitrogens is 3. The minimum atomic E-state index is 0.181. The second-order valence-corrected chi connectivity index (χ2v) is 9.61. The van der Waals surface area contributed by atoms with Crippen molar-refractivity contribution in [2.24, 2.45) is 18.9 Å². The first kappa shape index (κ1) is 21.4. The summed E-state index contributed by atoms with van der Waals surface area (Å²) < 4.78 is 14.0. The van der Waals surface area contributed by atoms with E-state index in [1.165, 1.54) is 19.3 Å². The van der Waals surface area contributed by atoms with Gasteiger partial charge in [0.15, 0.2) is 0 Å². The number of carbonyl (C=O) groups is 1. The molecule has 0 aromatic carbocycles. The first-order chi connectivity index (χ1) is 14.4. The number of halogens is 1. The maximum atomic E-state index is 11.3. The zero-order valence-corrected chi connectivity index (χ0v) is 19.0. The molecule has 2 aromatic heterocycles. The Morgan fingerprint density at radius 1 is 1.20 bits per heavy atom. The van der Waals surface area contributed by atoms with Gasteiger partial charge in [0.2, 0.25) is 5.88 Å². The van der Waals surface area contributed by atoms with Gasteiger partial charge in [0.1, 0.15) is 28.5 Å². The molecule has 2 aliphatic carbocycles. The van der Waals surface area contributed by atoms with Crippen LogP contribution >= 0.6 is 11.6 Å². The van der Waals surface area contributed by atoms with E-state index >= 15 is 0 Å². The maximum absolute atomic E-state index is 11.3. The lowest BCUT2D eigenvalue weighted by Crippen LogP contribution is -2.25. The monoisotopic (exact) mass is 433 g/mol. The molecule has 2 heterocycles. The third kappa shape index (κ3) is 5.08. The minimum absolute atomic E-state index is 0.181. The summed E-state index contributed by atoms with van der Waals surface area (Å²) in [6.07, 6.45) is 11.7. The number of Topliss-reactive ketones (excluding diaryl/α,β-unsaturated/α-hetero) is 1. The molecule has 30 heavy (non-hydrogen) atoms. The summed E-state index contributed by atoms with van der Waals surface area (Å²) >= 11 is 6.56. The van der Waals surface area contributed by atoms with E-state index in [-0.39, 0.29) is 12.2 Å². The number of imidazole rings is 1. The molecule has 0 radical (unpaired) electrons. The van der Waals surface area contributed by atoms with Gasteiger partial charge in [0, 0.05) is 13.5 Å². The Labute approximate surface area is 183 Å². The van der Waals surface area contributed by atoms with E-state index in [4.69, 9.17) is 21.1 Å². The third-order valence-electron chi connectivity index (χ3n) is 6.35. The zero-order chi connectivity index (χ0) is 21.3. The molecule has 0 spiro atoms. The number of ketones is 1. The van der Waals surface area contributed by atoms with Gasteiger partial charge in [-0.1, -0.05) is 31.4 Å². The lowest BCUT2D eigenvalue weighted by Gasteiger charge is -2.29. The Balaban J connectivity index is 1.33. The summed E-state index contributed by atoms with van der Waals surface area (Å²) in [7, 11) is 1.93. The summed E-state index contributed by atoms with van der Waals surface area (Å²) in [4.78, 5) is 20.2. The Morgan fingerprint density at radius 2 is 1.87 bits per heavy atom. The molecule has 2 aliphatic rings. The van der Waals surface area contributed by atoms with Crippen molar-refractivity contribution in [3.05, 3.63) is 11.2 Å². The van der Waals surface area contributed by atoms with Gasteiger partial charge in [-0.25, -0.2) is 4.98 Å². The van der Waals surface area contributed by atoms with Crippen LogP contribution in [0.3, 0.4) is 0 Å². The number of hydrogen-bond acceptors (Lipinski definition) is 5. The van der Waals surface area contributed by atoms with Gasteiger partial charge in [0.25, 0.3) is 6.01 Å². The van der Waals surface area contributed by atoms with Crippen molar-refractivity contribution in [1.82, 2.24) is 14.5 Å². The molecule has 7 heteroatoms. The predicted molar refractivity (Wildman–Crippen MR) is 117 cm³/mol. The molecule has 0 unspecified atom stereocenters. The average Bonchev–Trinajstić information content (AvgIpc) is 3.46. The lowest BCUT2D eigenvalue weighted by atomic mass is 9.82. The molecular weight excluding hydrogens is 402 g/mol. The molecule has 2 saturated carbocycles. The average molecular weight is 434 g/mol. The molecule has 0 saturated heterocycles. The highest BCUT2D eigenvalue weighted by molar-refractivity contribution is 6.36. The van der Waals surface area contributed by atoms with Crippen molar-refractivity contribution in [3.8, 4) is 11.9 Å². The SMILES string of the molecule is CC(=O)C[C@@H](C)CCC1CCC(Oc2nc3cnc(OC4CC4)c(Cl)c3n2C)CC1. The van der Waals surface area contributed by atoms with Crippen molar-refractivity contribution < 1.29 is 14.3 Å². The van der Waals surface area contributed by atoms with Crippen LogP contribution in [0.4, 0.5) is 0 Å². The summed E-state index contributed by atoms with van der Waals surface area (Å²) in [5.74, 6) is 2.01. The van der Waals surface area contributed by atoms with Gasteiger partial charge in [-0.2, -0.15) is 4.98 Å². The summed E-state index contributed by atoms with van der Waals surface area (Å²) in [5.41, 5.74) is 1.54. The van der Waals surface area contributed by atoms with Crippen LogP contribution in [0.25, 0.3) is 11.0 Å². The minimum Gasteiger partial charge on any atom is -0.473 e. The van der Waals surface area contributed by atoms with Crippen molar-refractivity contribution in [1.29, 1.82) is 0 Å². The second-order valence-electron chi connectivity index (χ2n) is 9.23.